The zero-order valence-corrected chi connectivity index (χ0v) is 21.3. The highest BCUT2D eigenvalue weighted by atomic mass is 35.5. The minimum Gasteiger partial charge on any atom is -0.402 e. The van der Waals surface area contributed by atoms with Crippen LogP contribution < -0.4 is 15.8 Å². The van der Waals surface area contributed by atoms with Gasteiger partial charge in [0, 0.05) is 37.1 Å². The number of nitrogens with zero attached hydrogens (tertiary/aromatic N) is 5. The molecule has 0 radical (unpaired) electrons. The van der Waals surface area contributed by atoms with Crippen molar-refractivity contribution in [1.82, 2.24) is 30.0 Å². The number of amides is 2. The summed E-state index contributed by atoms with van der Waals surface area (Å²) in [5.41, 5.74) is 6.15. The molecule has 202 valence electrons. The maximum absolute atomic E-state index is 13.2. The van der Waals surface area contributed by atoms with E-state index in [-0.39, 0.29) is 18.4 Å². The number of aromatic nitrogens is 4. The topological polar surface area (TPSA) is 120 Å². The number of hydrogen-bond donors (Lipinski definition) is 2. The first-order valence-electron chi connectivity index (χ1n) is 11.8. The molecular weight excluding hydrogens is 527 g/mol. The van der Waals surface area contributed by atoms with Crippen molar-refractivity contribution < 1.29 is 27.4 Å². The van der Waals surface area contributed by atoms with Crippen LogP contribution in [0, 0.1) is 0 Å². The van der Waals surface area contributed by atoms with E-state index in [1.54, 1.807) is 27.9 Å². The first-order chi connectivity index (χ1) is 17.9. The summed E-state index contributed by atoms with van der Waals surface area (Å²) in [6.07, 6.45) is 0.0823. The van der Waals surface area contributed by atoms with Crippen molar-refractivity contribution in [1.29, 1.82) is 0 Å². The second kappa shape index (κ2) is 9.31. The third-order valence-electron chi connectivity index (χ3n) is 6.72. The summed E-state index contributed by atoms with van der Waals surface area (Å²) >= 11 is 6.30. The first-order valence-corrected chi connectivity index (χ1v) is 12.2. The number of fused-ring (bicyclic) bond motifs is 2. The predicted octanol–water partition coefficient (Wildman–Crippen LogP) is 4.05. The lowest BCUT2D eigenvalue weighted by atomic mass is 9.95. The molecule has 1 saturated heterocycles. The SMILES string of the molecule is CC(C)(NC(=O)N1CCC2(C1)OCCn1nc(-c3cnc(N)c(OC(F)(F)F)c3)cc12)c1ccncc1Cl. The Hall–Kier alpha value is -3.58. The van der Waals surface area contributed by atoms with Crippen LogP contribution in [-0.4, -0.2) is 56.7 Å². The lowest BCUT2D eigenvalue weighted by Crippen LogP contribution is -2.49. The lowest BCUT2D eigenvalue weighted by molar-refractivity contribution is -0.274. The van der Waals surface area contributed by atoms with E-state index in [9.17, 15) is 18.0 Å². The van der Waals surface area contributed by atoms with Crippen molar-refractivity contribution >= 4 is 23.4 Å². The molecular formula is C24H25ClF3N7O3. The highest BCUT2D eigenvalue weighted by Gasteiger charge is 2.47. The molecule has 5 rings (SSSR count). The van der Waals surface area contributed by atoms with Crippen LogP contribution in [0.2, 0.25) is 5.02 Å². The molecule has 2 aliphatic rings. The van der Waals surface area contributed by atoms with Crippen LogP contribution in [0.4, 0.5) is 23.8 Å². The van der Waals surface area contributed by atoms with E-state index in [4.69, 9.17) is 22.1 Å². The number of carbonyl (C=O) groups is 1. The zero-order chi connectivity index (χ0) is 27.3. The van der Waals surface area contributed by atoms with Crippen LogP contribution in [0.1, 0.15) is 31.5 Å². The molecule has 5 heterocycles. The minimum atomic E-state index is -4.91. The van der Waals surface area contributed by atoms with Gasteiger partial charge in [0.25, 0.3) is 0 Å². The van der Waals surface area contributed by atoms with E-state index in [0.717, 1.165) is 17.3 Å². The monoisotopic (exact) mass is 551 g/mol. The largest absolute Gasteiger partial charge is 0.573 e. The molecule has 0 aliphatic carbocycles. The van der Waals surface area contributed by atoms with Gasteiger partial charge in [0.15, 0.2) is 11.6 Å². The average Bonchev–Trinajstić information content (AvgIpc) is 3.46. The highest BCUT2D eigenvalue weighted by molar-refractivity contribution is 6.31. The number of likely N-dealkylation sites (tertiary alicyclic amines) is 1. The Balaban J connectivity index is 1.37. The highest BCUT2D eigenvalue weighted by Crippen LogP contribution is 2.41. The molecule has 3 N–H and O–H groups in total. The molecule has 3 aromatic heterocycles. The van der Waals surface area contributed by atoms with Crippen LogP contribution in [0.5, 0.6) is 5.75 Å². The van der Waals surface area contributed by atoms with Gasteiger partial charge < -0.3 is 25.4 Å². The van der Waals surface area contributed by atoms with E-state index < -0.39 is 23.3 Å². The number of pyridine rings is 2. The third kappa shape index (κ3) is 4.95. The van der Waals surface area contributed by atoms with Gasteiger partial charge >= 0.3 is 12.4 Å². The van der Waals surface area contributed by atoms with Gasteiger partial charge in [-0.15, -0.1) is 13.2 Å². The smallest absolute Gasteiger partial charge is 0.402 e. The zero-order valence-electron chi connectivity index (χ0n) is 20.5. The first kappa shape index (κ1) is 26.0. The van der Waals surface area contributed by atoms with Gasteiger partial charge in [-0.25, -0.2) is 9.78 Å². The summed E-state index contributed by atoms with van der Waals surface area (Å²) in [6.45, 7) is 5.23. The Labute approximate surface area is 220 Å². The van der Waals surface area contributed by atoms with Crippen LogP contribution >= 0.6 is 11.6 Å². The van der Waals surface area contributed by atoms with Gasteiger partial charge in [-0.2, -0.15) is 5.10 Å². The van der Waals surface area contributed by atoms with Crippen LogP contribution in [0.3, 0.4) is 0 Å². The summed E-state index contributed by atoms with van der Waals surface area (Å²) in [6, 6.07) is 4.37. The minimum absolute atomic E-state index is 0.270. The second-order valence-corrected chi connectivity index (χ2v) is 10.1. The molecule has 1 spiro atoms. The van der Waals surface area contributed by atoms with E-state index in [2.05, 4.69) is 25.1 Å². The normalized spacial score (nSPS) is 19.5. The molecule has 0 bridgehead atoms. The number of anilines is 1. The number of urea groups is 1. The Kier molecular flexibility index (Phi) is 6.38. The molecule has 0 aromatic carbocycles. The number of nitrogen functional groups attached to an aromatic ring is 1. The van der Waals surface area contributed by atoms with E-state index in [0.29, 0.717) is 42.4 Å². The third-order valence-corrected chi connectivity index (χ3v) is 7.02. The fraction of sp³-hybridized carbons (Fsp3) is 0.417. The molecule has 10 nitrogen and oxygen atoms in total. The van der Waals surface area contributed by atoms with Gasteiger partial charge in [0.05, 0.1) is 41.6 Å². The molecule has 14 heteroatoms. The van der Waals surface area contributed by atoms with Crippen molar-refractivity contribution in [3.63, 3.8) is 0 Å². The van der Waals surface area contributed by atoms with Gasteiger partial charge in [0.1, 0.15) is 5.60 Å². The van der Waals surface area contributed by atoms with Crippen LogP contribution in [0.25, 0.3) is 11.3 Å². The molecule has 2 aliphatic heterocycles. The summed E-state index contributed by atoms with van der Waals surface area (Å²) in [7, 11) is 0. The molecule has 0 saturated carbocycles. The van der Waals surface area contributed by atoms with Crippen molar-refractivity contribution in [2.75, 3.05) is 25.4 Å². The Morgan fingerprint density at radius 1 is 1.26 bits per heavy atom. The lowest BCUT2D eigenvalue weighted by Gasteiger charge is -2.35. The quantitative estimate of drug-likeness (QED) is 0.502. The predicted molar refractivity (Wildman–Crippen MR) is 131 cm³/mol. The maximum atomic E-state index is 13.2. The average molecular weight is 552 g/mol. The van der Waals surface area contributed by atoms with Crippen molar-refractivity contribution in [3.8, 4) is 17.0 Å². The number of nitrogens with one attached hydrogen (secondary N) is 1. The number of halogens is 4. The fourth-order valence-electron chi connectivity index (χ4n) is 4.88. The Bertz CT molecular complexity index is 1380. The van der Waals surface area contributed by atoms with Crippen LogP contribution in [-0.2, 0) is 22.4 Å². The molecule has 1 atom stereocenters. The molecule has 38 heavy (non-hydrogen) atoms. The second-order valence-electron chi connectivity index (χ2n) is 9.72. The standard InChI is InChI=1S/C24H25ClF3N7O3/c1-22(2,15-3-5-30-12-16(15)25)32-21(36)34-6-4-23(13-34)19-10-17(33-35(19)7-8-37-23)14-9-18(20(29)31-11-14)38-24(26,27)28/h3,5,9-12H,4,6-8,13H2,1-2H3,(H2,29,31)(H,32,36). The number of rotatable bonds is 4. The summed E-state index contributed by atoms with van der Waals surface area (Å²) in [5.74, 6) is -0.990. The summed E-state index contributed by atoms with van der Waals surface area (Å²) in [5, 5.41) is 8.05. The van der Waals surface area contributed by atoms with Gasteiger partial charge in [-0.3, -0.25) is 9.67 Å². The number of ether oxygens (including phenoxy) is 2. The summed E-state index contributed by atoms with van der Waals surface area (Å²) in [4.78, 5) is 22.7. The Morgan fingerprint density at radius 2 is 2.05 bits per heavy atom. The number of carbonyl (C=O) groups excluding carboxylic acids is 1. The van der Waals surface area contributed by atoms with E-state index in [1.807, 2.05) is 13.8 Å². The molecule has 1 fully saturated rings. The fourth-order valence-corrected chi connectivity index (χ4v) is 5.23. The van der Waals surface area contributed by atoms with Gasteiger partial charge in [-0.1, -0.05) is 11.6 Å². The van der Waals surface area contributed by atoms with Crippen molar-refractivity contribution in [2.45, 2.75) is 44.3 Å². The summed E-state index contributed by atoms with van der Waals surface area (Å²) < 4.78 is 50.3. The molecule has 2 amide bonds. The van der Waals surface area contributed by atoms with Crippen LogP contribution in [0.15, 0.2) is 36.8 Å². The maximum Gasteiger partial charge on any atom is 0.573 e. The van der Waals surface area contributed by atoms with Gasteiger partial charge in [0.2, 0.25) is 0 Å². The van der Waals surface area contributed by atoms with E-state index in [1.165, 1.54) is 12.4 Å². The van der Waals surface area contributed by atoms with E-state index >= 15 is 0 Å². The molecule has 3 aromatic rings. The number of alkyl halides is 3. The van der Waals surface area contributed by atoms with Crippen molar-refractivity contribution in [3.05, 3.63) is 53.1 Å². The van der Waals surface area contributed by atoms with Crippen molar-refractivity contribution in [2.24, 2.45) is 0 Å². The number of nitrogens with two attached hydrogens (primary N) is 1. The number of hydrogen-bond acceptors (Lipinski definition) is 7. The Morgan fingerprint density at radius 3 is 2.79 bits per heavy atom. The molecule has 1 unspecified atom stereocenters. The van der Waals surface area contributed by atoms with Gasteiger partial charge in [-0.05, 0) is 37.6 Å².